The molecular weight excluding hydrogens is 725 g/mol. The van der Waals surface area contributed by atoms with Gasteiger partial charge in [-0.3, -0.25) is 4.98 Å². The third-order valence-corrected chi connectivity index (χ3v) is 12.5. The molecule has 2 heteroatoms. The van der Waals surface area contributed by atoms with Crippen LogP contribution in [0.1, 0.15) is 17.2 Å². The first kappa shape index (κ1) is 34.3. The van der Waals surface area contributed by atoms with Gasteiger partial charge in [0.15, 0.2) is 0 Å². The number of fused-ring (bicyclic) bond motifs is 7. The quantitative estimate of drug-likeness (QED) is 0.162. The lowest BCUT2D eigenvalue weighted by atomic mass is 9.84. The van der Waals surface area contributed by atoms with Gasteiger partial charge in [0.05, 0.1) is 17.2 Å². The van der Waals surface area contributed by atoms with Crippen molar-refractivity contribution in [2.75, 3.05) is 4.90 Å². The summed E-state index contributed by atoms with van der Waals surface area (Å²) >= 11 is 0. The first-order valence-corrected chi connectivity index (χ1v) is 20.7. The largest absolute Gasteiger partial charge is 0.328 e. The molecule has 1 aliphatic heterocycles. The Balaban J connectivity index is 1.03. The molecule has 2 nitrogen and oxygen atoms in total. The van der Waals surface area contributed by atoms with Crippen LogP contribution < -0.4 is 4.90 Å². The van der Waals surface area contributed by atoms with Crippen LogP contribution in [0.2, 0.25) is 0 Å². The zero-order valence-electron chi connectivity index (χ0n) is 32.8. The first-order valence-electron chi connectivity index (χ1n) is 20.7. The molecule has 2 heterocycles. The van der Waals surface area contributed by atoms with Crippen LogP contribution in [0.5, 0.6) is 0 Å². The molecule has 0 bridgehead atoms. The molecule has 10 aromatic carbocycles. The minimum Gasteiger partial charge on any atom is -0.328 e. The molecule has 0 saturated carbocycles. The molecule has 1 aliphatic rings. The Labute approximate surface area is 349 Å². The number of rotatable bonds is 5. The molecule has 1 atom stereocenters. The number of hydrogen-bond acceptors (Lipinski definition) is 2. The van der Waals surface area contributed by atoms with Crippen LogP contribution in [0.15, 0.2) is 219 Å². The molecule has 0 spiro atoms. The van der Waals surface area contributed by atoms with E-state index in [-0.39, 0.29) is 6.04 Å². The maximum absolute atomic E-state index is 4.90. The molecule has 0 amide bonds. The van der Waals surface area contributed by atoms with Gasteiger partial charge in [0, 0.05) is 22.8 Å². The van der Waals surface area contributed by atoms with Crippen molar-refractivity contribution in [2.24, 2.45) is 0 Å². The fraction of sp³-hybridized carbons (Fsp3) is 0.0172. The third-order valence-electron chi connectivity index (χ3n) is 12.5. The predicted octanol–water partition coefficient (Wildman–Crippen LogP) is 15.8. The second kappa shape index (κ2) is 13.9. The number of aromatic nitrogens is 1. The zero-order valence-corrected chi connectivity index (χ0v) is 32.8. The molecule has 0 radical (unpaired) electrons. The average molecular weight is 763 g/mol. The van der Waals surface area contributed by atoms with Crippen molar-refractivity contribution in [3.05, 3.63) is 230 Å². The Hall–Kier alpha value is -7.81. The molecular formula is C58H38N2. The lowest BCUT2D eigenvalue weighted by Crippen LogP contribution is -2.25. The minimum absolute atomic E-state index is 0.00598. The van der Waals surface area contributed by atoms with E-state index in [0.717, 1.165) is 22.3 Å². The van der Waals surface area contributed by atoms with E-state index in [2.05, 4.69) is 217 Å². The van der Waals surface area contributed by atoms with Crippen LogP contribution in [-0.4, -0.2) is 4.98 Å². The van der Waals surface area contributed by atoms with Gasteiger partial charge < -0.3 is 4.90 Å². The Morgan fingerprint density at radius 3 is 1.63 bits per heavy atom. The maximum Gasteiger partial charge on any atom is 0.0945 e. The van der Waals surface area contributed by atoms with Crippen molar-refractivity contribution in [1.29, 1.82) is 0 Å². The summed E-state index contributed by atoms with van der Waals surface area (Å²) in [6, 6.07) is 75.7. The number of nitrogens with zero attached hydrogens (tertiary/aromatic N) is 2. The molecule has 0 saturated heterocycles. The van der Waals surface area contributed by atoms with Gasteiger partial charge in [0.25, 0.3) is 0 Å². The molecule has 0 fully saturated rings. The van der Waals surface area contributed by atoms with Gasteiger partial charge in [-0.15, -0.1) is 0 Å². The normalized spacial score (nSPS) is 13.7. The Morgan fingerprint density at radius 1 is 0.383 bits per heavy atom. The summed E-state index contributed by atoms with van der Waals surface area (Å²) in [6.45, 7) is 0. The fourth-order valence-electron chi connectivity index (χ4n) is 9.63. The van der Waals surface area contributed by atoms with Crippen LogP contribution in [0.25, 0.3) is 93.4 Å². The van der Waals surface area contributed by atoms with Crippen molar-refractivity contribution >= 4 is 71.4 Å². The van der Waals surface area contributed by atoms with E-state index < -0.39 is 0 Å². The molecule has 60 heavy (non-hydrogen) atoms. The summed E-state index contributed by atoms with van der Waals surface area (Å²) in [7, 11) is 0. The molecule has 0 N–H and O–H groups in total. The average Bonchev–Trinajstić information content (AvgIpc) is 3.32. The smallest absolute Gasteiger partial charge is 0.0945 e. The second-order valence-corrected chi connectivity index (χ2v) is 15.9. The summed E-state index contributed by atoms with van der Waals surface area (Å²) in [5, 5.41) is 11.1. The van der Waals surface area contributed by atoms with Crippen molar-refractivity contribution in [1.82, 2.24) is 4.98 Å². The summed E-state index contributed by atoms with van der Waals surface area (Å²) in [6.07, 6.45) is 6.48. The van der Waals surface area contributed by atoms with Crippen LogP contribution >= 0.6 is 0 Å². The molecule has 0 aliphatic carbocycles. The predicted molar refractivity (Wildman–Crippen MR) is 255 cm³/mol. The van der Waals surface area contributed by atoms with Gasteiger partial charge in [0.2, 0.25) is 0 Å². The van der Waals surface area contributed by atoms with E-state index in [1.807, 2.05) is 12.3 Å². The maximum atomic E-state index is 4.90. The van der Waals surface area contributed by atoms with Gasteiger partial charge in [-0.2, -0.15) is 0 Å². The lowest BCUT2D eigenvalue weighted by molar-refractivity contribution is 0.848. The summed E-state index contributed by atoms with van der Waals surface area (Å²) in [5.74, 6) is 0. The van der Waals surface area contributed by atoms with Gasteiger partial charge in [0.1, 0.15) is 0 Å². The van der Waals surface area contributed by atoms with E-state index in [9.17, 15) is 0 Å². The van der Waals surface area contributed by atoms with E-state index in [4.69, 9.17) is 4.98 Å². The highest BCUT2D eigenvalue weighted by molar-refractivity contribution is 6.22. The fourth-order valence-corrected chi connectivity index (χ4v) is 9.63. The third kappa shape index (κ3) is 5.61. The van der Waals surface area contributed by atoms with Crippen LogP contribution in [0.3, 0.4) is 0 Å². The molecule has 12 rings (SSSR count). The van der Waals surface area contributed by atoms with E-state index in [1.165, 1.54) is 87.6 Å². The van der Waals surface area contributed by atoms with Gasteiger partial charge in [-0.05, 0) is 118 Å². The van der Waals surface area contributed by atoms with Crippen molar-refractivity contribution in [3.8, 4) is 33.4 Å². The minimum atomic E-state index is -0.00598. The highest BCUT2D eigenvalue weighted by Gasteiger charge is 2.28. The van der Waals surface area contributed by atoms with Crippen molar-refractivity contribution in [2.45, 2.75) is 6.04 Å². The Kier molecular flexibility index (Phi) is 7.96. The Bertz CT molecular complexity index is 3490. The summed E-state index contributed by atoms with van der Waals surface area (Å²) < 4.78 is 0. The van der Waals surface area contributed by atoms with Crippen LogP contribution in [0, 0.1) is 0 Å². The van der Waals surface area contributed by atoms with Gasteiger partial charge in [-0.25, -0.2) is 0 Å². The molecule has 1 unspecified atom stereocenters. The van der Waals surface area contributed by atoms with E-state index in [1.54, 1.807) is 0 Å². The number of pyridine rings is 1. The number of anilines is 2. The standard InChI is InChI=1S/C58H38N2/c1-2-16-49(17-3-1)60-54(33-31-43-27-26-42-15-10-34-59-57(42)58(43)60)41-24-20-40(21-25-41)46-30-32-52-53(37-46)56(48-29-23-39-12-5-7-14-45(39)36-48)51-19-9-8-18-50(51)55(52)47-28-22-38-11-4-6-13-44(38)35-47/h1-37,54H. The zero-order chi connectivity index (χ0) is 39.6. The molecule has 280 valence electrons. The van der Waals surface area contributed by atoms with Gasteiger partial charge in [-0.1, -0.05) is 182 Å². The van der Waals surface area contributed by atoms with Crippen LogP contribution in [-0.2, 0) is 0 Å². The second-order valence-electron chi connectivity index (χ2n) is 15.9. The topological polar surface area (TPSA) is 16.1 Å². The summed E-state index contributed by atoms with van der Waals surface area (Å²) in [4.78, 5) is 7.35. The van der Waals surface area contributed by atoms with Gasteiger partial charge >= 0.3 is 0 Å². The molecule has 11 aromatic rings. The highest BCUT2D eigenvalue weighted by atomic mass is 15.2. The van der Waals surface area contributed by atoms with E-state index >= 15 is 0 Å². The van der Waals surface area contributed by atoms with E-state index in [0.29, 0.717) is 0 Å². The lowest BCUT2D eigenvalue weighted by Gasteiger charge is -2.36. The SMILES string of the molecule is C1=CC(c2ccc(-c3ccc4c(-c5ccc6ccccc6c5)c5ccccc5c(-c5ccc6ccccc6c5)c4c3)cc2)N(c2ccccc2)c2c1ccc1cccnc21. The number of benzene rings is 10. The molecule has 1 aromatic heterocycles. The van der Waals surface area contributed by atoms with Crippen molar-refractivity contribution < 1.29 is 0 Å². The van der Waals surface area contributed by atoms with Crippen molar-refractivity contribution in [3.63, 3.8) is 0 Å². The summed E-state index contributed by atoms with van der Waals surface area (Å²) in [5.41, 5.74) is 13.0. The first-order chi connectivity index (χ1) is 29.7. The monoisotopic (exact) mass is 762 g/mol. The Morgan fingerprint density at radius 2 is 0.933 bits per heavy atom. The highest BCUT2D eigenvalue weighted by Crippen LogP contribution is 2.47. The van der Waals surface area contributed by atoms with Crippen LogP contribution in [0.4, 0.5) is 11.4 Å². The number of hydrogen-bond donors (Lipinski definition) is 0. The number of para-hydroxylation sites is 1.